The summed E-state index contributed by atoms with van der Waals surface area (Å²) in [6, 6.07) is 0. The van der Waals surface area contributed by atoms with E-state index in [1.165, 1.54) is 0 Å². The van der Waals surface area contributed by atoms with Crippen molar-refractivity contribution in [3.8, 4) is 0 Å². The van der Waals surface area contributed by atoms with Crippen molar-refractivity contribution in [1.29, 1.82) is 0 Å². The van der Waals surface area contributed by atoms with Crippen molar-refractivity contribution in [1.82, 2.24) is 10.2 Å². The van der Waals surface area contributed by atoms with E-state index in [1.807, 2.05) is 14.0 Å². The molecule has 1 aliphatic rings. The van der Waals surface area contributed by atoms with E-state index in [4.69, 9.17) is 5.11 Å². The summed E-state index contributed by atoms with van der Waals surface area (Å²) in [6.07, 6.45) is 1.59. The highest BCUT2D eigenvalue weighted by molar-refractivity contribution is 6.31. The Hall–Kier alpha value is -1.10. The highest BCUT2D eigenvalue weighted by Crippen LogP contribution is 2.20. The second kappa shape index (κ2) is 3.96. The third-order valence-corrected chi connectivity index (χ3v) is 2.70. The van der Waals surface area contributed by atoms with E-state index in [2.05, 4.69) is 10.2 Å². The first-order valence-electron chi connectivity index (χ1n) is 4.67. The molecule has 1 rings (SSSR count). The fraction of sp³-hybridized carbons (Fsp3) is 0.778. The van der Waals surface area contributed by atoms with Crippen LogP contribution in [-0.2, 0) is 9.59 Å². The van der Waals surface area contributed by atoms with Gasteiger partial charge in [-0.05, 0) is 26.8 Å². The third kappa shape index (κ3) is 2.70. The Kier molecular flexibility index (Phi) is 3.10. The Bertz CT molecular complexity index is 244. The zero-order valence-corrected chi connectivity index (χ0v) is 8.54. The van der Waals surface area contributed by atoms with E-state index in [0.717, 1.165) is 25.9 Å². The van der Waals surface area contributed by atoms with Crippen LogP contribution >= 0.6 is 0 Å². The molecule has 0 spiro atoms. The normalized spacial score (nSPS) is 21.6. The van der Waals surface area contributed by atoms with Crippen molar-refractivity contribution in [2.24, 2.45) is 0 Å². The molecule has 80 valence electrons. The molecule has 0 radical (unpaired) electrons. The molecule has 5 nitrogen and oxygen atoms in total. The number of piperidine rings is 1. The molecule has 0 aromatic rings. The van der Waals surface area contributed by atoms with Crippen molar-refractivity contribution in [2.45, 2.75) is 25.3 Å². The topological polar surface area (TPSA) is 69.6 Å². The molecule has 2 N–H and O–H groups in total. The van der Waals surface area contributed by atoms with E-state index in [-0.39, 0.29) is 5.54 Å². The first-order chi connectivity index (χ1) is 6.43. The highest BCUT2D eigenvalue weighted by atomic mass is 16.4. The van der Waals surface area contributed by atoms with Crippen molar-refractivity contribution in [3.05, 3.63) is 0 Å². The second-order valence-electron chi connectivity index (χ2n) is 4.12. The molecule has 14 heavy (non-hydrogen) atoms. The molecule has 5 heteroatoms. The number of aliphatic carboxylic acids is 1. The molecule has 0 atom stereocenters. The lowest BCUT2D eigenvalue weighted by molar-refractivity contribution is -0.151. The average Bonchev–Trinajstić information content (AvgIpc) is 2.10. The molecule has 0 aromatic heterocycles. The van der Waals surface area contributed by atoms with Crippen LogP contribution in [0.1, 0.15) is 19.8 Å². The Balaban J connectivity index is 2.50. The number of carboxylic acids is 1. The molecule has 0 aromatic carbocycles. The number of carbonyl (C=O) groups is 2. The maximum atomic E-state index is 11.0. The molecule has 0 saturated carbocycles. The maximum Gasteiger partial charge on any atom is 0.394 e. The van der Waals surface area contributed by atoms with Gasteiger partial charge in [0.15, 0.2) is 0 Å². The summed E-state index contributed by atoms with van der Waals surface area (Å²) in [7, 11) is 2.01. The Labute approximate surface area is 83.1 Å². The largest absolute Gasteiger partial charge is 0.474 e. The fourth-order valence-electron chi connectivity index (χ4n) is 1.56. The lowest BCUT2D eigenvalue weighted by atomic mass is 9.90. The fourth-order valence-corrected chi connectivity index (χ4v) is 1.56. The summed E-state index contributed by atoms with van der Waals surface area (Å²) in [5.74, 6) is -2.32. The third-order valence-electron chi connectivity index (χ3n) is 2.70. The van der Waals surface area contributed by atoms with Gasteiger partial charge < -0.3 is 15.3 Å². The minimum absolute atomic E-state index is 0.359. The van der Waals surface area contributed by atoms with Gasteiger partial charge in [0.25, 0.3) is 0 Å². The van der Waals surface area contributed by atoms with Gasteiger partial charge in [-0.25, -0.2) is 4.79 Å². The van der Waals surface area contributed by atoms with E-state index < -0.39 is 11.9 Å². The van der Waals surface area contributed by atoms with Crippen molar-refractivity contribution >= 4 is 11.9 Å². The zero-order chi connectivity index (χ0) is 10.8. The van der Waals surface area contributed by atoms with Crippen LogP contribution in [0, 0.1) is 0 Å². The molecule has 1 fully saturated rings. The first kappa shape index (κ1) is 11.0. The summed E-state index contributed by atoms with van der Waals surface area (Å²) in [4.78, 5) is 23.5. The second-order valence-corrected chi connectivity index (χ2v) is 4.12. The van der Waals surface area contributed by atoms with Gasteiger partial charge in [0.05, 0.1) is 0 Å². The number of nitrogens with zero attached hydrogens (tertiary/aromatic N) is 1. The standard InChI is InChI=1S/C9H16N2O3/c1-9(10-7(12)8(13)14)3-5-11(2)6-4-9/h3-6H2,1-2H3,(H,10,12)(H,13,14). The lowest BCUT2D eigenvalue weighted by Gasteiger charge is -2.38. The Morgan fingerprint density at radius 3 is 2.29 bits per heavy atom. The molecule has 1 amide bonds. The molecule has 1 saturated heterocycles. The highest BCUT2D eigenvalue weighted by Gasteiger charge is 2.31. The predicted molar refractivity (Wildman–Crippen MR) is 50.9 cm³/mol. The van der Waals surface area contributed by atoms with E-state index in [0.29, 0.717) is 0 Å². The predicted octanol–water partition coefficient (Wildman–Crippen LogP) is -0.328. The van der Waals surface area contributed by atoms with Gasteiger partial charge in [-0.1, -0.05) is 0 Å². The lowest BCUT2D eigenvalue weighted by Crippen LogP contribution is -2.54. The quantitative estimate of drug-likeness (QED) is 0.569. The van der Waals surface area contributed by atoms with Crippen LogP contribution in [0.2, 0.25) is 0 Å². The van der Waals surface area contributed by atoms with E-state index in [1.54, 1.807) is 0 Å². The van der Waals surface area contributed by atoms with Gasteiger partial charge in [-0.2, -0.15) is 0 Å². The van der Waals surface area contributed by atoms with Crippen LogP contribution in [0.5, 0.6) is 0 Å². The van der Waals surface area contributed by atoms with Crippen LogP contribution in [0.3, 0.4) is 0 Å². The number of likely N-dealkylation sites (tertiary alicyclic amines) is 1. The van der Waals surface area contributed by atoms with Crippen molar-refractivity contribution in [2.75, 3.05) is 20.1 Å². The molecule has 0 bridgehead atoms. The minimum Gasteiger partial charge on any atom is -0.474 e. The van der Waals surface area contributed by atoms with Gasteiger partial charge in [0.2, 0.25) is 0 Å². The molecular weight excluding hydrogens is 184 g/mol. The van der Waals surface area contributed by atoms with Gasteiger partial charge in [0.1, 0.15) is 0 Å². The van der Waals surface area contributed by atoms with Gasteiger partial charge >= 0.3 is 11.9 Å². The van der Waals surface area contributed by atoms with Crippen LogP contribution in [0.25, 0.3) is 0 Å². The van der Waals surface area contributed by atoms with Gasteiger partial charge in [-0.15, -0.1) is 0 Å². The SMILES string of the molecule is CN1CCC(C)(NC(=O)C(=O)O)CC1. The number of amides is 1. The number of nitrogens with one attached hydrogen (secondary N) is 1. The smallest absolute Gasteiger partial charge is 0.394 e. The van der Waals surface area contributed by atoms with Crippen LogP contribution < -0.4 is 5.32 Å². The van der Waals surface area contributed by atoms with E-state index >= 15 is 0 Å². The number of carbonyl (C=O) groups excluding carboxylic acids is 1. The minimum atomic E-state index is -1.41. The number of carboxylic acid groups (broad SMARTS) is 1. The monoisotopic (exact) mass is 200 g/mol. The van der Waals surface area contributed by atoms with E-state index in [9.17, 15) is 9.59 Å². The van der Waals surface area contributed by atoms with Crippen LogP contribution in [0.15, 0.2) is 0 Å². The van der Waals surface area contributed by atoms with Crippen molar-refractivity contribution in [3.63, 3.8) is 0 Å². The van der Waals surface area contributed by atoms with Crippen molar-refractivity contribution < 1.29 is 14.7 Å². The first-order valence-corrected chi connectivity index (χ1v) is 4.67. The summed E-state index contributed by atoms with van der Waals surface area (Å²) >= 11 is 0. The molecule has 1 heterocycles. The summed E-state index contributed by atoms with van der Waals surface area (Å²) in [5, 5.41) is 11.0. The molecule has 1 aliphatic heterocycles. The molecule has 0 unspecified atom stereocenters. The summed E-state index contributed by atoms with van der Waals surface area (Å²) in [5.41, 5.74) is -0.359. The Morgan fingerprint density at radius 1 is 1.36 bits per heavy atom. The Morgan fingerprint density at radius 2 is 1.86 bits per heavy atom. The maximum absolute atomic E-state index is 11.0. The number of rotatable bonds is 1. The number of hydrogen-bond acceptors (Lipinski definition) is 3. The molecule has 0 aliphatic carbocycles. The summed E-state index contributed by atoms with van der Waals surface area (Å²) in [6.45, 7) is 3.66. The average molecular weight is 200 g/mol. The van der Waals surface area contributed by atoms with Crippen LogP contribution in [0.4, 0.5) is 0 Å². The number of hydrogen-bond donors (Lipinski definition) is 2. The summed E-state index contributed by atoms with van der Waals surface area (Å²) < 4.78 is 0. The molecular formula is C9H16N2O3. The van der Waals surface area contributed by atoms with Crippen LogP contribution in [-0.4, -0.2) is 47.6 Å². The van der Waals surface area contributed by atoms with Gasteiger partial charge in [-0.3, -0.25) is 4.79 Å². The van der Waals surface area contributed by atoms with Gasteiger partial charge in [0, 0.05) is 18.6 Å². The zero-order valence-electron chi connectivity index (χ0n) is 8.54.